The van der Waals surface area contributed by atoms with Crippen LogP contribution in [0, 0.1) is 0 Å². The first-order valence-electron chi connectivity index (χ1n) is 5.24. The predicted molar refractivity (Wildman–Crippen MR) is 63.7 cm³/mol. The molecule has 0 spiro atoms. The molecule has 1 aromatic rings. The lowest BCUT2D eigenvalue weighted by Crippen LogP contribution is -2.24. The number of benzene rings is 1. The fraction of sp³-hybridized carbons (Fsp3) is 0.417. The topological polar surface area (TPSA) is 35.5 Å². The Morgan fingerprint density at radius 2 is 2.12 bits per heavy atom. The molecule has 0 atom stereocenters. The first kappa shape index (κ1) is 11.5. The molecule has 0 amide bonds. The Kier molecular flexibility index (Phi) is 3.49. The maximum atomic E-state index is 11.4. The maximum Gasteiger partial charge on any atom is 0.338 e. The van der Waals surface area contributed by atoms with Crippen LogP contribution < -0.4 is 4.74 Å². The van der Waals surface area contributed by atoms with E-state index in [4.69, 9.17) is 4.74 Å². The third kappa shape index (κ3) is 2.55. The zero-order valence-corrected chi connectivity index (χ0v) is 10.6. The molecule has 86 valence electrons. The number of esters is 1. The Morgan fingerprint density at radius 1 is 1.38 bits per heavy atom. The second-order valence-corrected chi connectivity index (χ2v) is 4.75. The van der Waals surface area contributed by atoms with Crippen LogP contribution in [0.1, 0.15) is 29.6 Å². The van der Waals surface area contributed by atoms with Crippen LogP contribution in [0.4, 0.5) is 0 Å². The summed E-state index contributed by atoms with van der Waals surface area (Å²) in [5, 5.41) is 0. The van der Waals surface area contributed by atoms with Crippen LogP contribution in [0.2, 0.25) is 0 Å². The Morgan fingerprint density at radius 3 is 2.69 bits per heavy atom. The number of ether oxygens (including phenoxy) is 2. The highest BCUT2D eigenvalue weighted by Crippen LogP contribution is 2.28. The summed E-state index contributed by atoms with van der Waals surface area (Å²) in [4.78, 5) is 11.4. The van der Waals surface area contributed by atoms with Crippen molar-refractivity contribution in [1.29, 1.82) is 0 Å². The minimum Gasteiger partial charge on any atom is -0.490 e. The average molecular weight is 285 g/mol. The molecule has 0 radical (unpaired) electrons. The second-order valence-electron chi connectivity index (χ2n) is 3.84. The Hall–Kier alpha value is -1.03. The van der Waals surface area contributed by atoms with Crippen molar-refractivity contribution in [3.8, 4) is 5.75 Å². The Labute approximate surface area is 103 Å². The molecular formula is C12H13BrO3. The van der Waals surface area contributed by atoms with E-state index < -0.39 is 0 Å². The van der Waals surface area contributed by atoms with Crippen LogP contribution in [-0.2, 0) is 4.74 Å². The summed E-state index contributed by atoms with van der Waals surface area (Å²) in [7, 11) is 1.37. The standard InChI is InChI=1S/C12H13BrO3/c1-15-12(14)8-5-9(13)7-11(6-8)16-10-3-2-4-10/h5-7,10H,2-4H2,1H3. The lowest BCUT2D eigenvalue weighted by molar-refractivity contribution is 0.0599. The number of rotatable bonds is 3. The molecule has 0 aromatic heterocycles. The van der Waals surface area contributed by atoms with Gasteiger partial charge in [-0.05, 0) is 37.5 Å². The van der Waals surface area contributed by atoms with E-state index in [0.717, 1.165) is 23.1 Å². The fourth-order valence-electron chi connectivity index (χ4n) is 1.55. The van der Waals surface area contributed by atoms with Crippen molar-refractivity contribution in [2.75, 3.05) is 7.11 Å². The van der Waals surface area contributed by atoms with Gasteiger partial charge in [0.1, 0.15) is 5.75 Å². The normalized spacial score (nSPS) is 15.4. The van der Waals surface area contributed by atoms with E-state index >= 15 is 0 Å². The summed E-state index contributed by atoms with van der Waals surface area (Å²) < 4.78 is 11.2. The van der Waals surface area contributed by atoms with Crippen molar-refractivity contribution in [2.24, 2.45) is 0 Å². The van der Waals surface area contributed by atoms with Crippen LogP contribution in [0.5, 0.6) is 5.75 Å². The van der Waals surface area contributed by atoms with Gasteiger partial charge in [-0.15, -0.1) is 0 Å². The number of carbonyl (C=O) groups is 1. The molecule has 2 rings (SSSR count). The van der Waals surface area contributed by atoms with Crippen molar-refractivity contribution in [1.82, 2.24) is 0 Å². The van der Waals surface area contributed by atoms with Gasteiger partial charge in [0.05, 0.1) is 18.8 Å². The van der Waals surface area contributed by atoms with Crippen LogP contribution in [0.25, 0.3) is 0 Å². The van der Waals surface area contributed by atoms with Crippen molar-refractivity contribution >= 4 is 21.9 Å². The highest BCUT2D eigenvalue weighted by molar-refractivity contribution is 9.10. The Balaban J connectivity index is 2.17. The first-order valence-corrected chi connectivity index (χ1v) is 6.04. The van der Waals surface area contributed by atoms with E-state index in [1.807, 2.05) is 6.07 Å². The lowest BCUT2D eigenvalue weighted by atomic mass is 9.96. The molecule has 0 bridgehead atoms. The van der Waals surface area contributed by atoms with Crippen molar-refractivity contribution in [3.05, 3.63) is 28.2 Å². The van der Waals surface area contributed by atoms with Gasteiger partial charge < -0.3 is 9.47 Å². The van der Waals surface area contributed by atoms with Gasteiger partial charge >= 0.3 is 5.97 Å². The number of methoxy groups -OCH3 is 1. The second kappa shape index (κ2) is 4.87. The van der Waals surface area contributed by atoms with Crippen molar-refractivity contribution in [3.63, 3.8) is 0 Å². The molecule has 0 N–H and O–H groups in total. The van der Waals surface area contributed by atoms with Crippen LogP contribution in [0.3, 0.4) is 0 Å². The lowest BCUT2D eigenvalue weighted by Gasteiger charge is -2.26. The van der Waals surface area contributed by atoms with E-state index in [9.17, 15) is 4.79 Å². The van der Waals surface area contributed by atoms with Crippen molar-refractivity contribution < 1.29 is 14.3 Å². The van der Waals surface area contributed by atoms with E-state index in [1.54, 1.807) is 12.1 Å². The number of hydrogen-bond acceptors (Lipinski definition) is 3. The molecule has 4 heteroatoms. The van der Waals surface area contributed by atoms with Gasteiger partial charge in [0.25, 0.3) is 0 Å². The largest absolute Gasteiger partial charge is 0.490 e. The quantitative estimate of drug-likeness (QED) is 0.800. The first-order chi connectivity index (χ1) is 7.69. The summed E-state index contributed by atoms with van der Waals surface area (Å²) >= 11 is 3.35. The van der Waals surface area contributed by atoms with Gasteiger partial charge in [-0.3, -0.25) is 0 Å². The average Bonchev–Trinajstić information content (AvgIpc) is 2.21. The fourth-order valence-corrected chi connectivity index (χ4v) is 2.02. The smallest absolute Gasteiger partial charge is 0.338 e. The van der Waals surface area contributed by atoms with E-state index in [1.165, 1.54) is 13.5 Å². The zero-order chi connectivity index (χ0) is 11.5. The molecule has 3 nitrogen and oxygen atoms in total. The molecule has 0 unspecified atom stereocenters. The highest BCUT2D eigenvalue weighted by Gasteiger charge is 2.19. The number of hydrogen-bond donors (Lipinski definition) is 0. The SMILES string of the molecule is COC(=O)c1cc(Br)cc(OC2CCC2)c1. The zero-order valence-electron chi connectivity index (χ0n) is 9.03. The third-order valence-corrected chi connectivity index (χ3v) is 3.11. The summed E-state index contributed by atoms with van der Waals surface area (Å²) in [5.74, 6) is 0.374. The summed E-state index contributed by atoms with van der Waals surface area (Å²) in [5.41, 5.74) is 0.506. The van der Waals surface area contributed by atoms with E-state index in [0.29, 0.717) is 11.7 Å². The molecular weight excluding hydrogens is 272 g/mol. The van der Waals surface area contributed by atoms with Gasteiger partial charge in [-0.1, -0.05) is 15.9 Å². The summed E-state index contributed by atoms with van der Waals surface area (Å²) in [6.07, 6.45) is 3.72. The number of halogens is 1. The number of carbonyl (C=O) groups excluding carboxylic acids is 1. The van der Waals surface area contributed by atoms with Crippen LogP contribution >= 0.6 is 15.9 Å². The monoisotopic (exact) mass is 284 g/mol. The molecule has 1 fully saturated rings. The molecule has 1 aliphatic rings. The summed E-state index contributed by atoms with van der Waals surface area (Å²) in [6.45, 7) is 0. The molecule has 16 heavy (non-hydrogen) atoms. The minimum absolute atomic E-state index is 0.305. The van der Waals surface area contributed by atoms with Gasteiger partial charge in [0.15, 0.2) is 0 Å². The highest BCUT2D eigenvalue weighted by atomic mass is 79.9. The molecule has 1 saturated carbocycles. The Bertz CT molecular complexity index is 399. The molecule has 0 saturated heterocycles. The maximum absolute atomic E-state index is 11.4. The van der Waals surface area contributed by atoms with Gasteiger partial charge in [-0.2, -0.15) is 0 Å². The predicted octanol–water partition coefficient (Wildman–Crippen LogP) is 3.17. The van der Waals surface area contributed by atoms with E-state index in [2.05, 4.69) is 20.7 Å². The molecule has 0 heterocycles. The molecule has 1 aromatic carbocycles. The van der Waals surface area contributed by atoms with Gasteiger partial charge in [0, 0.05) is 4.47 Å². The van der Waals surface area contributed by atoms with Crippen LogP contribution in [-0.4, -0.2) is 19.2 Å². The third-order valence-electron chi connectivity index (χ3n) is 2.65. The minimum atomic E-state index is -0.347. The van der Waals surface area contributed by atoms with Gasteiger partial charge in [0.2, 0.25) is 0 Å². The summed E-state index contributed by atoms with van der Waals surface area (Å²) in [6, 6.07) is 5.30. The molecule has 0 aliphatic heterocycles. The van der Waals surface area contributed by atoms with Crippen molar-refractivity contribution in [2.45, 2.75) is 25.4 Å². The van der Waals surface area contributed by atoms with Gasteiger partial charge in [-0.25, -0.2) is 4.79 Å². The van der Waals surface area contributed by atoms with Crippen LogP contribution in [0.15, 0.2) is 22.7 Å². The molecule has 1 aliphatic carbocycles. The van der Waals surface area contributed by atoms with E-state index in [-0.39, 0.29) is 5.97 Å².